The number of nitrogens with two attached hydrogens (primary N) is 1. The molecule has 0 radical (unpaired) electrons. The van der Waals surface area contributed by atoms with Crippen LogP contribution in [-0.4, -0.2) is 23.8 Å². The largest absolute Gasteiger partial charge is 0.481 e. The summed E-state index contributed by atoms with van der Waals surface area (Å²) >= 11 is 1.41. The number of carbonyl (C=O) groups is 3. The fraction of sp³-hybridized carbons (Fsp3) is 0.240. The van der Waals surface area contributed by atoms with E-state index in [9.17, 15) is 18.8 Å². The quantitative estimate of drug-likeness (QED) is 0.461. The summed E-state index contributed by atoms with van der Waals surface area (Å²) in [5, 5.41) is 5.95. The van der Waals surface area contributed by atoms with Crippen LogP contribution in [0.5, 0.6) is 5.75 Å². The molecule has 0 fully saturated rings. The van der Waals surface area contributed by atoms with Crippen molar-refractivity contribution in [2.75, 3.05) is 10.6 Å². The minimum atomic E-state index is -0.819. The van der Waals surface area contributed by atoms with E-state index in [-0.39, 0.29) is 5.91 Å². The van der Waals surface area contributed by atoms with Crippen LogP contribution in [0.1, 0.15) is 50.9 Å². The number of fused-ring (bicyclic) bond motifs is 1. The molecule has 0 bridgehead atoms. The van der Waals surface area contributed by atoms with Gasteiger partial charge < -0.3 is 21.1 Å². The van der Waals surface area contributed by atoms with Gasteiger partial charge in [-0.2, -0.15) is 0 Å². The Balaban J connectivity index is 1.39. The Labute approximate surface area is 200 Å². The molecule has 1 atom stereocenters. The van der Waals surface area contributed by atoms with Gasteiger partial charge in [-0.3, -0.25) is 14.4 Å². The molecular weight excluding hydrogens is 457 g/mol. The maximum absolute atomic E-state index is 13.0. The number of hydrogen-bond acceptors (Lipinski definition) is 5. The van der Waals surface area contributed by atoms with Crippen LogP contribution in [0.3, 0.4) is 0 Å². The van der Waals surface area contributed by atoms with Crippen molar-refractivity contribution < 1.29 is 23.5 Å². The number of hydrogen-bond donors (Lipinski definition) is 3. The maximum Gasteiger partial charge on any atom is 0.265 e. The smallest absolute Gasteiger partial charge is 0.265 e. The number of primary amides is 1. The van der Waals surface area contributed by atoms with Crippen molar-refractivity contribution in [1.82, 2.24) is 0 Å². The Bertz CT molecular complexity index is 1220. The third-order valence-corrected chi connectivity index (χ3v) is 6.76. The molecule has 4 rings (SSSR count). The Morgan fingerprint density at radius 1 is 1.00 bits per heavy atom. The van der Waals surface area contributed by atoms with Crippen LogP contribution < -0.4 is 21.1 Å². The molecule has 0 saturated carbocycles. The molecule has 3 aromatic rings. The number of anilines is 2. The van der Waals surface area contributed by atoms with Crippen molar-refractivity contribution in [3.05, 3.63) is 75.9 Å². The van der Waals surface area contributed by atoms with E-state index >= 15 is 0 Å². The zero-order chi connectivity index (χ0) is 24.2. The zero-order valence-electron chi connectivity index (χ0n) is 18.5. The van der Waals surface area contributed by atoms with E-state index in [2.05, 4.69) is 10.6 Å². The summed E-state index contributed by atoms with van der Waals surface area (Å²) in [6.07, 6.45) is 2.91. The van der Waals surface area contributed by atoms with Gasteiger partial charge in [-0.25, -0.2) is 4.39 Å². The van der Waals surface area contributed by atoms with E-state index in [0.29, 0.717) is 27.6 Å². The summed E-state index contributed by atoms with van der Waals surface area (Å²) < 4.78 is 18.7. The van der Waals surface area contributed by atoms with Gasteiger partial charge in [0.1, 0.15) is 16.6 Å². The average Bonchev–Trinajstić information content (AvgIpc) is 3.19. The van der Waals surface area contributed by atoms with E-state index in [4.69, 9.17) is 10.5 Å². The first-order valence-electron chi connectivity index (χ1n) is 10.9. The van der Waals surface area contributed by atoms with Gasteiger partial charge in [0.15, 0.2) is 6.10 Å². The topological polar surface area (TPSA) is 111 Å². The van der Waals surface area contributed by atoms with Crippen molar-refractivity contribution >= 4 is 39.7 Å². The first kappa shape index (κ1) is 23.4. The maximum atomic E-state index is 13.0. The molecule has 1 aromatic heterocycles. The molecule has 0 saturated heterocycles. The van der Waals surface area contributed by atoms with Crippen molar-refractivity contribution in [1.29, 1.82) is 0 Å². The predicted molar refractivity (Wildman–Crippen MR) is 129 cm³/mol. The molecule has 0 spiro atoms. The van der Waals surface area contributed by atoms with Crippen molar-refractivity contribution in [3.8, 4) is 5.75 Å². The van der Waals surface area contributed by atoms with E-state index in [1.54, 1.807) is 31.2 Å². The summed E-state index contributed by atoms with van der Waals surface area (Å²) in [6, 6.07) is 11.8. The van der Waals surface area contributed by atoms with Gasteiger partial charge >= 0.3 is 0 Å². The fourth-order valence-electron chi connectivity index (χ4n) is 3.81. The Kier molecular flexibility index (Phi) is 6.93. The summed E-state index contributed by atoms with van der Waals surface area (Å²) in [6.45, 7) is 1.59. The van der Waals surface area contributed by atoms with E-state index in [0.717, 1.165) is 36.1 Å². The van der Waals surface area contributed by atoms with Crippen LogP contribution in [-0.2, 0) is 17.6 Å². The standard InChI is InChI=1S/C25H24FN3O4S/c1-14(23(31)28-17-10-8-16(26)9-11-17)33-18-12-6-15(7-13-18)24(32)29-25-21(22(27)30)19-4-2-3-5-20(19)34-25/h6-14H,2-5H2,1H3,(H2,27,30)(H,28,31)(H,29,32)/t14-/m0/s1. The lowest BCUT2D eigenvalue weighted by molar-refractivity contribution is -0.122. The van der Waals surface area contributed by atoms with E-state index in [1.807, 2.05) is 0 Å². The van der Waals surface area contributed by atoms with Crippen LogP contribution in [0, 0.1) is 5.82 Å². The van der Waals surface area contributed by atoms with E-state index in [1.165, 1.54) is 35.6 Å². The minimum absolute atomic E-state index is 0.366. The van der Waals surface area contributed by atoms with Gasteiger partial charge in [0.25, 0.3) is 17.7 Å². The number of amides is 3. The molecular formula is C25H24FN3O4S. The molecule has 2 aromatic carbocycles. The van der Waals surface area contributed by atoms with Gasteiger partial charge in [0.05, 0.1) is 5.56 Å². The highest BCUT2D eigenvalue weighted by Crippen LogP contribution is 2.38. The average molecular weight is 482 g/mol. The second-order valence-corrected chi connectivity index (χ2v) is 9.12. The zero-order valence-corrected chi connectivity index (χ0v) is 19.3. The monoisotopic (exact) mass is 481 g/mol. The highest BCUT2D eigenvalue weighted by Gasteiger charge is 2.25. The van der Waals surface area contributed by atoms with Crippen molar-refractivity contribution in [2.45, 2.75) is 38.7 Å². The second kappa shape index (κ2) is 10.0. The normalized spacial score (nSPS) is 13.5. The lowest BCUT2D eigenvalue weighted by Crippen LogP contribution is -2.30. The Hall–Kier alpha value is -3.72. The molecule has 1 aliphatic carbocycles. The highest BCUT2D eigenvalue weighted by molar-refractivity contribution is 7.17. The highest BCUT2D eigenvalue weighted by atomic mass is 32.1. The van der Waals surface area contributed by atoms with Crippen LogP contribution in [0.2, 0.25) is 0 Å². The molecule has 1 aliphatic rings. The van der Waals surface area contributed by atoms with Gasteiger partial charge in [-0.1, -0.05) is 0 Å². The number of thiophene rings is 1. The number of carbonyl (C=O) groups excluding carboxylic acids is 3. The second-order valence-electron chi connectivity index (χ2n) is 8.01. The van der Waals surface area contributed by atoms with Gasteiger partial charge in [0, 0.05) is 16.1 Å². The summed E-state index contributed by atoms with van der Waals surface area (Å²) in [4.78, 5) is 38.2. The molecule has 34 heavy (non-hydrogen) atoms. The summed E-state index contributed by atoms with van der Waals surface area (Å²) in [5.74, 6) is -1.28. The summed E-state index contributed by atoms with van der Waals surface area (Å²) in [7, 11) is 0. The lowest BCUT2D eigenvalue weighted by Gasteiger charge is -2.15. The molecule has 0 aliphatic heterocycles. The first-order chi connectivity index (χ1) is 16.3. The SMILES string of the molecule is C[C@H](Oc1ccc(C(=O)Nc2sc3c(c2C(N)=O)CCCC3)cc1)C(=O)Nc1ccc(F)cc1. The summed E-state index contributed by atoms with van der Waals surface area (Å²) in [5.41, 5.74) is 7.79. The molecule has 176 valence electrons. The van der Waals surface area contributed by atoms with Crippen molar-refractivity contribution in [2.24, 2.45) is 5.73 Å². The fourth-order valence-corrected chi connectivity index (χ4v) is 5.10. The number of aryl methyl sites for hydroxylation is 1. The molecule has 4 N–H and O–H groups in total. The molecule has 3 amide bonds. The van der Waals surface area contributed by atoms with Crippen LogP contribution in [0.15, 0.2) is 48.5 Å². The number of ether oxygens (including phenoxy) is 1. The predicted octanol–water partition coefficient (Wildman–Crippen LogP) is 4.52. The van der Waals surface area contributed by atoms with Crippen LogP contribution in [0.25, 0.3) is 0 Å². The van der Waals surface area contributed by atoms with Gasteiger partial charge in [0.2, 0.25) is 0 Å². The van der Waals surface area contributed by atoms with Gasteiger partial charge in [-0.05, 0) is 86.7 Å². The minimum Gasteiger partial charge on any atom is -0.481 e. The Morgan fingerprint density at radius 3 is 2.35 bits per heavy atom. The molecule has 1 heterocycles. The number of nitrogens with one attached hydrogen (secondary N) is 2. The first-order valence-corrected chi connectivity index (χ1v) is 11.7. The number of rotatable bonds is 7. The van der Waals surface area contributed by atoms with Crippen molar-refractivity contribution in [3.63, 3.8) is 0 Å². The Morgan fingerprint density at radius 2 is 1.68 bits per heavy atom. The third kappa shape index (κ3) is 5.26. The van der Waals surface area contributed by atoms with Crippen LogP contribution in [0.4, 0.5) is 15.1 Å². The number of benzene rings is 2. The van der Waals surface area contributed by atoms with E-state index < -0.39 is 23.7 Å². The molecule has 0 unspecified atom stereocenters. The number of halogens is 1. The molecule has 9 heteroatoms. The van der Waals surface area contributed by atoms with Crippen LogP contribution >= 0.6 is 11.3 Å². The third-order valence-electron chi connectivity index (χ3n) is 5.56. The lowest BCUT2D eigenvalue weighted by atomic mass is 9.95. The molecule has 7 nitrogen and oxygen atoms in total. The van der Waals surface area contributed by atoms with Gasteiger partial charge in [-0.15, -0.1) is 11.3 Å².